The van der Waals surface area contributed by atoms with E-state index in [1.165, 1.54) is 0 Å². The SMILES string of the molecule is OC(CC1CCOC1)C1=CCCCO1. The van der Waals surface area contributed by atoms with Gasteiger partial charge in [0.2, 0.25) is 0 Å². The number of aliphatic hydroxyl groups is 1. The first-order chi connectivity index (χ1) is 6.86. The first kappa shape index (κ1) is 9.99. The van der Waals surface area contributed by atoms with Gasteiger partial charge >= 0.3 is 0 Å². The van der Waals surface area contributed by atoms with Crippen molar-refractivity contribution in [3.05, 3.63) is 11.8 Å². The minimum absolute atomic E-state index is 0.415. The molecule has 0 aromatic rings. The molecular weight excluding hydrogens is 180 g/mol. The molecule has 3 heteroatoms. The van der Waals surface area contributed by atoms with E-state index < -0.39 is 6.10 Å². The van der Waals surface area contributed by atoms with Crippen LogP contribution in [0.15, 0.2) is 11.8 Å². The van der Waals surface area contributed by atoms with Crippen LogP contribution in [-0.2, 0) is 9.47 Å². The van der Waals surface area contributed by atoms with E-state index in [4.69, 9.17) is 9.47 Å². The lowest BCUT2D eigenvalue weighted by Gasteiger charge is -2.21. The third-order valence-electron chi connectivity index (χ3n) is 2.87. The molecule has 2 heterocycles. The summed E-state index contributed by atoms with van der Waals surface area (Å²) in [6.07, 6.45) is 5.57. The van der Waals surface area contributed by atoms with Crippen LogP contribution < -0.4 is 0 Å². The molecule has 0 radical (unpaired) electrons. The zero-order valence-corrected chi connectivity index (χ0v) is 8.45. The maximum atomic E-state index is 9.89. The maximum absolute atomic E-state index is 9.89. The molecule has 3 nitrogen and oxygen atoms in total. The lowest BCUT2D eigenvalue weighted by Crippen LogP contribution is -2.20. The molecule has 0 saturated carbocycles. The molecule has 80 valence electrons. The van der Waals surface area contributed by atoms with E-state index in [9.17, 15) is 5.11 Å². The highest BCUT2D eigenvalue weighted by Crippen LogP contribution is 2.23. The van der Waals surface area contributed by atoms with E-state index in [0.29, 0.717) is 5.92 Å². The van der Waals surface area contributed by atoms with Gasteiger partial charge in [0.1, 0.15) is 11.9 Å². The van der Waals surface area contributed by atoms with Crippen molar-refractivity contribution in [2.24, 2.45) is 5.92 Å². The molecule has 1 saturated heterocycles. The Labute approximate surface area is 84.7 Å². The summed E-state index contributed by atoms with van der Waals surface area (Å²) in [5.41, 5.74) is 0. The van der Waals surface area contributed by atoms with Crippen LogP contribution in [0, 0.1) is 5.92 Å². The molecule has 0 aliphatic carbocycles. The van der Waals surface area contributed by atoms with E-state index in [0.717, 1.165) is 51.3 Å². The van der Waals surface area contributed by atoms with Crippen LogP contribution in [0.1, 0.15) is 25.7 Å². The van der Waals surface area contributed by atoms with E-state index in [-0.39, 0.29) is 0 Å². The van der Waals surface area contributed by atoms with Gasteiger partial charge in [-0.15, -0.1) is 0 Å². The first-order valence-electron chi connectivity index (χ1n) is 5.45. The number of hydrogen-bond donors (Lipinski definition) is 1. The Morgan fingerprint density at radius 1 is 1.50 bits per heavy atom. The van der Waals surface area contributed by atoms with Gasteiger partial charge in [0.05, 0.1) is 6.61 Å². The van der Waals surface area contributed by atoms with Crippen LogP contribution in [-0.4, -0.2) is 31.0 Å². The van der Waals surface area contributed by atoms with Crippen LogP contribution >= 0.6 is 0 Å². The Balaban J connectivity index is 1.81. The van der Waals surface area contributed by atoms with Gasteiger partial charge in [-0.05, 0) is 37.7 Å². The predicted octanol–water partition coefficient (Wildman–Crippen LogP) is 1.47. The molecule has 14 heavy (non-hydrogen) atoms. The molecule has 0 amide bonds. The predicted molar refractivity (Wildman–Crippen MR) is 52.8 cm³/mol. The number of allylic oxidation sites excluding steroid dienone is 1. The number of rotatable bonds is 3. The highest BCUT2D eigenvalue weighted by Gasteiger charge is 2.23. The Bertz CT molecular complexity index is 207. The van der Waals surface area contributed by atoms with Gasteiger partial charge in [-0.3, -0.25) is 0 Å². The second kappa shape index (κ2) is 4.80. The smallest absolute Gasteiger partial charge is 0.120 e. The van der Waals surface area contributed by atoms with Gasteiger partial charge < -0.3 is 14.6 Å². The maximum Gasteiger partial charge on any atom is 0.120 e. The summed E-state index contributed by atoms with van der Waals surface area (Å²) in [7, 11) is 0. The van der Waals surface area contributed by atoms with E-state index in [1.54, 1.807) is 0 Å². The molecule has 0 aromatic heterocycles. The summed E-state index contributed by atoms with van der Waals surface area (Å²) >= 11 is 0. The fourth-order valence-electron chi connectivity index (χ4n) is 2.01. The molecule has 1 N–H and O–H groups in total. The standard InChI is InChI=1S/C11H18O3/c12-10(7-9-4-6-13-8-9)11-3-1-2-5-14-11/h3,9-10,12H,1-2,4-8H2. The Morgan fingerprint density at radius 3 is 3.07 bits per heavy atom. The van der Waals surface area contributed by atoms with Crippen molar-refractivity contribution in [2.75, 3.05) is 19.8 Å². The molecule has 2 aliphatic heterocycles. The summed E-state index contributed by atoms with van der Waals surface area (Å²) in [5, 5.41) is 9.89. The zero-order valence-electron chi connectivity index (χ0n) is 8.45. The van der Waals surface area contributed by atoms with Crippen molar-refractivity contribution in [1.29, 1.82) is 0 Å². The van der Waals surface area contributed by atoms with Gasteiger partial charge in [0, 0.05) is 13.2 Å². The lowest BCUT2D eigenvalue weighted by molar-refractivity contribution is 0.0735. The monoisotopic (exact) mass is 198 g/mol. The lowest BCUT2D eigenvalue weighted by atomic mass is 9.99. The van der Waals surface area contributed by atoms with Crippen LogP contribution in [0.2, 0.25) is 0 Å². The average molecular weight is 198 g/mol. The normalized spacial score (nSPS) is 29.5. The zero-order chi connectivity index (χ0) is 9.80. The van der Waals surface area contributed by atoms with Crippen molar-refractivity contribution in [1.82, 2.24) is 0 Å². The molecule has 0 aromatic carbocycles. The summed E-state index contributed by atoms with van der Waals surface area (Å²) in [5.74, 6) is 1.29. The molecule has 0 bridgehead atoms. The minimum Gasteiger partial charge on any atom is -0.496 e. The number of hydrogen-bond acceptors (Lipinski definition) is 3. The van der Waals surface area contributed by atoms with Gasteiger partial charge in [0.15, 0.2) is 0 Å². The molecule has 2 unspecified atom stereocenters. The van der Waals surface area contributed by atoms with E-state index in [1.807, 2.05) is 6.08 Å². The highest BCUT2D eigenvalue weighted by molar-refractivity contribution is 5.02. The Morgan fingerprint density at radius 2 is 2.43 bits per heavy atom. The Kier molecular flexibility index (Phi) is 3.43. The van der Waals surface area contributed by atoms with Crippen molar-refractivity contribution in [3.63, 3.8) is 0 Å². The quantitative estimate of drug-likeness (QED) is 0.746. The number of aliphatic hydroxyl groups excluding tert-OH is 1. The number of ether oxygens (including phenoxy) is 2. The van der Waals surface area contributed by atoms with Crippen molar-refractivity contribution < 1.29 is 14.6 Å². The van der Waals surface area contributed by atoms with Crippen molar-refractivity contribution in [3.8, 4) is 0 Å². The molecule has 2 atom stereocenters. The second-order valence-electron chi connectivity index (χ2n) is 4.08. The molecule has 0 spiro atoms. The minimum atomic E-state index is -0.415. The van der Waals surface area contributed by atoms with E-state index >= 15 is 0 Å². The van der Waals surface area contributed by atoms with Gasteiger partial charge in [-0.1, -0.05) is 0 Å². The highest BCUT2D eigenvalue weighted by atomic mass is 16.5. The van der Waals surface area contributed by atoms with Gasteiger partial charge in [-0.2, -0.15) is 0 Å². The fraction of sp³-hybridized carbons (Fsp3) is 0.818. The second-order valence-corrected chi connectivity index (χ2v) is 4.08. The molecule has 2 rings (SSSR count). The largest absolute Gasteiger partial charge is 0.496 e. The van der Waals surface area contributed by atoms with Crippen LogP contribution in [0.25, 0.3) is 0 Å². The van der Waals surface area contributed by atoms with Crippen LogP contribution in [0.4, 0.5) is 0 Å². The van der Waals surface area contributed by atoms with Crippen molar-refractivity contribution in [2.45, 2.75) is 31.8 Å². The van der Waals surface area contributed by atoms with Crippen LogP contribution in [0.5, 0.6) is 0 Å². The van der Waals surface area contributed by atoms with E-state index in [2.05, 4.69) is 0 Å². The summed E-state index contributed by atoms with van der Waals surface area (Å²) < 4.78 is 10.7. The summed E-state index contributed by atoms with van der Waals surface area (Å²) in [6.45, 7) is 2.39. The molecular formula is C11H18O3. The Hall–Kier alpha value is -0.540. The first-order valence-corrected chi connectivity index (χ1v) is 5.45. The third-order valence-corrected chi connectivity index (χ3v) is 2.87. The fourth-order valence-corrected chi connectivity index (χ4v) is 2.01. The average Bonchev–Trinajstić information content (AvgIpc) is 2.72. The molecule has 1 fully saturated rings. The van der Waals surface area contributed by atoms with Gasteiger partial charge in [-0.25, -0.2) is 0 Å². The van der Waals surface area contributed by atoms with Crippen molar-refractivity contribution >= 4 is 0 Å². The van der Waals surface area contributed by atoms with Gasteiger partial charge in [0.25, 0.3) is 0 Å². The third kappa shape index (κ3) is 2.49. The summed E-state index contributed by atoms with van der Waals surface area (Å²) in [4.78, 5) is 0. The topological polar surface area (TPSA) is 38.7 Å². The van der Waals surface area contributed by atoms with Crippen LogP contribution in [0.3, 0.4) is 0 Å². The summed E-state index contributed by atoms with van der Waals surface area (Å²) in [6, 6.07) is 0. The molecule has 2 aliphatic rings.